The number of nitrogen functional groups attached to an aromatic ring is 1. The quantitative estimate of drug-likeness (QED) is 0.763. The minimum absolute atomic E-state index is 0.0816. The van der Waals surface area contributed by atoms with Crippen LogP contribution in [-0.4, -0.2) is 18.6 Å². The maximum Gasteiger partial charge on any atom is 0.250 e. The van der Waals surface area contributed by atoms with Crippen LogP contribution in [0.1, 0.15) is 27.2 Å². The molecule has 0 spiro atoms. The lowest BCUT2D eigenvalue weighted by atomic mass is 10.1. The minimum atomic E-state index is -0.143. The van der Waals surface area contributed by atoms with Gasteiger partial charge in [-0.1, -0.05) is 13.8 Å². The molecule has 0 radical (unpaired) electrons. The van der Waals surface area contributed by atoms with Gasteiger partial charge >= 0.3 is 0 Å². The molecule has 1 atom stereocenters. The summed E-state index contributed by atoms with van der Waals surface area (Å²) in [5.41, 5.74) is 6.97. The molecule has 1 aromatic rings. The molecule has 1 rings (SSSR count). The number of rotatable bonds is 6. The van der Waals surface area contributed by atoms with Crippen molar-refractivity contribution in [3.05, 3.63) is 24.3 Å². The first-order valence-corrected chi connectivity index (χ1v) is 6.24. The van der Waals surface area contributed by atoms with Gasteiger partial charge in [0.25, 0.3) is 0 Å². The molecule has 0 saturated heterocycles. The smallest absolute Gasteiger partial charge is 0.250 e. The van der Waals surface area contributed by atoms with Crippen LogP contribution in [0, 0.1) is 5.92 Å². The number of benzene rings is 1. The van der Waals surface area contributed by atoms with Gasteiger partial charge < -0.3 is 15.8 Å². The highest BCUT2D eigenvalue weighted by Gasteiger charge is 2.08. The second kappa shape index (κ2) is 7.01. The van der Waals surface area contributed by atoms with E-state index in [1.54, 1.807) is 24.3 Å². The van der Waals surface area contributed by atoms with Crippen LogP contribution in [0.4, 0.5) is 11.4 Å². The lowest BCUT2D eigenvalue weighted by molar-refractivity contribution is -0.122. The van der Waals surface area contributed by atoms with Crippen LogP contribution in [-0.2, 0) is 9.53 Å². The number of nitrogens with one attached hydrogen (secondary N) is 1. The van der Waals surface area contributed by atoms with Crippen molar-refractivity contribution in [2.45, 2.75) is 33.3 Å². The van der Waals surface area contributed by atoms with E-state index in [0.717, 1.165) is 12.1 Å². The molecule has 1 aromatic carbocycles. The van der Waals surface area contributed by atoms with Crippen molar-refractivity contribution in [3.8, 4) is 0 Å². The van der Waals surface area contributed by atoms with E-state index < -0.39 is 0 Å². The Labute approximate surface area is 109 Å². The summed E-state index contributed by atoms with van der Waals surface area (Å²) in [6.45, 7) is 6.33. The van der Waals surface area contributed by atoms with Gasteiger partial charge in [0, 0.05) is 11.4 Å². The van der Waals surface area contributed by atoms with Crippen molar-refractivity contribution < 1.29 is 9.53 Å². The van der Waals surface area contributed by atoms with Crippen molar-refractivity contribution in [2.75, 3.05) is 17.7 Å². The monoisotopic (exact) mass is 250 g/mol. The Bertz CT molecular complexity index is 374. The van der Waals surface area contributed by atoms with E-state index >= 15 is 0 Å². The third-order valence-electron chi connectivity index (χ3n) is 2.50. The van der Waals surface area contributed by atoms with Gasteiger partial charge in [0.15, 0.2) is 0 Å². The maximum atomic E-state index is 11.6. The van der Waals surface area contributed by atoms with Gasteiger partial charge in [-0.3, -0.25) is 4.79 Å². The van der Waals surface area contributed by atoms with Crippen LogP contribution in [0.3, 0.4) is 0 Å². The number of anilines is 2. The van der Waals surface area contributed by atoms with E-state index in [4.69, 9.17) is 10.5 Å². The number of nitrogens with two attached hydrogens (primary N) is 1. The van der Waals surface area contributed by atoms with Crippen molar-refractivity contribution in [2.24, 2.45) is 5.92 Å². The largest absolute Gasteiger partial charge is 0.399 e. The van der Waals surface area contributed by atoms with E-state index in [0.29, 0.717) is 11.6 Å². The van der Waals surface area contributed by atoms with Gasteiger partial charge in [0.05, 0.1) is 6.10 Å². The average molecular weight is 250 g/mol. The third kappa shape index (κ3) is 5.68. The zero-order chi connectivity index (χ0) is 13.5. The topological polar surface area (TPSA) is 64.3 Å². The van der Waals surface area contributed by atoms with Crippen LogP contribution in [0.5, 0.6) is 0 Å². The Hall–Kier alpha value is -1.55. The summed E-state index contributed by atoms with van der Waals surface area (Å²) in [5.74, 6) is 0.426. The van der Waals surface area contributed by atoms with Crippen LogP contribution >= 0.6 is 0 Å². The molecule has 4 heteroatoms. The SMILES string of the molecule is CC(C)CC(C)OCC(=O)Nc1ccc(N)cc1. The molecule has 100 valence electrons. The van der Waals surface area contributed by atoms with Gasteiger partial charge in [-0.05, 0) is 43.5 Å². The normalized spacial score (nSPS) is 12.4. The molecule has 0 aliphatic carbocycles. The first kappa shape index (κ1) is 14.5. The molecule has 1 amide bonds. The molecule has 0 aliphatic rings. The van der Waals surface area contributed by atoms with Gasteiger partial charge in [-0.15, -0.1) is 0 Å². The highest BCUT2D eigenvalue weighted by atomic mass is 16.5. The van der Waals surface area contributed by atoms with Crippen LogP contribution in [0.25, 0.3) is 0 Å². The number of ether oxygens (including phenoxy) is 1. The molecule has 3 N–H and O–H groups in total. The van der Waals surface area contributed by atoms with Crippen LogP contribution < -0.4 is 11.1 Å². The van der Waals surface area contributed by atoms with E-state index in [2.05, 4.69) is 19.2 Å². The summed E-state index contributed by atoms with van der Waals surface area (Å²) in [6, 6.07) is 7.03. The number of hydrogen-bond donors (Lipinski definition) is 2. The molecule has 0 aliphatic heterocycles. The molecule has 0 fully saturated rings. The Morgan fingerprint density at radius 3 is 2.44 bits per heavy atom. The van der Waals surface area contributed by atoms with Crippen molar-refractivity contribution >= 4 is 17.3 Å². The van der Waals surface area contributed by atoms with E-state index in [1.807, 2.05) is 6.92 Å². The van der Waals surface area contributed by atoms with E-state index in [-0.39, 0.29) is 18.6 Å². The predicted octanol–water partition coefficient (Wildman–Crippen LogP) is 2.66. The molecular weight excluding hydrogens is 228 g/mol. The van der Waals surface area contributed by atoms with Crippen molar-refractivity contribution in [3.63, 3.8) is 0 Å². The number of carbonyl (C=O) groups is 1. The Kier molecular flexibility index (Phi) is 5.65. The fraction of sp³-hybridized carbons (Fsp3) is 0.500. The molecule has 18 heavy (non-hydrogen) atoms. The minimum Gasteiger partial charge on any atom is -0.399 e. The fourth-order valence-corrected chi connectivity index (χ4v) is 1.71. The van der Waals surface area contributed by atoms with Crippen LogP contribution in [0.15, 0.2) is 24.3 Å². The van der Waals surface area contributed by atoms with Gasteiger partial charge in [0.2, 0.25) is 5.91 Å². The molecular formula is C14H22N2O2. The predicted molar refractivity (Wildman–Crippen MR) is 74.4 cm³/mol. The third-order valence-corrected chi connectivity index (χ3v) is 2.50. The average Bonchev–Trinajstić information content (AvgIpc) is 2.29. The zero-order valence-corrected chi connectivity index (χ0v) is 11.3. The Morgan fingerprint density at radius 1 is 1.28 bits per heavy atom. The van der Waals surface area contributed by atoms with E-state index in [9.17, 15) is 4.79 Å². The van der Waals surface area contributed by atoms with E-state index in [1.165, 1.54) is 0 Å². The highest BCUT2D eigenvalue weighted by molar-refractivity contribution is 5.91. The lowest BCUT2D eigenvalue weighted by Crippen LogP contribution is -2.22. The number of carbonyl (C=O) groups excluding carboxylic acids is 1. The highest BCUT2D eigenvalue weighted by Crippen LogP contribution is 2.11. The fourth-order valence-electron chi connectivity index (χ4n) is 1.71. The standard InChI is InChI=1S/C14H22N2O2/c1-10(2)8-11(3)18-9-14(17)16-13-6-4-12(15)5-7-13/h4-7,10-11H,8-9,15H2,1-3H3,(H,16,17). The molecule has 1 unspecified atom stereocenters. The Balaban J connectivity index is 2.31. The van der Waals surface area contributed by atoms with Crippen molar-refractivity contribution in [1.82, 2.24) is 0 Å². The first-order chi connectivity index (χ1) is 8.47. The summed E-state index contributed by atoms with van der Waals surface area (Å²) in [6.07, 6.45) is 1.05. The summed E-state index contributed by atoms with van der Waals surface area (Å²) in [7, 11) is 0. The molecule has 4 nitrogen and oxygen atoms in total. The molecule has 0 aromatic heterocycles. The number of amides is 1. The maximum absolute atomic E-state index is 11.6. The molecule has 0 heterocycles. The summed E-state index contributed by atoms with van der Waals surface area (Å²) in [5, 5.41) is 2.76. The second-order valence-corrected chi connectivity index (χ2v) is 4.92. The summed E-state index contributed by atoms with van der Waals surface area (Å²) < 4.78 is 5.47. The summed E-state index contributed by atoms with van der Waals surface area (Å²) >= 11 is 0. The number of hydrogen-bond acceptors (Lipinski definition) is 3. The molecule has 0 saturated carbocycles. The molecule has 0 bridgehead atoms. The first-order valence-electron chi connectivity index (χ1n) is 6.24. The van der Waals surface area contributed by atoms with Gasteiger partial charge in [0.1, 0.15) is 6.61 Å². The van der Waals surface area contributed by atoms with Gasteiger partial charge in [-0.2, -0.15) is 0 Å². The zero-order valence-electron chi connectivity index (χ0n) is 11.3. The Morgan fingerprint density at radius 2 is 1.89 bits per heavy atom. The lowest BCUT2D eigenvalue weighted by Gasteiger charge is -2.14. The van der Waals surface area contributed by atoms with Gasteiger partial charge in [-0.25, -0.2) is 0 Å². The van der Waals surface area contributed by atoms with Crippen molar-refractivity contribution in [1.29, 1.82) is 0 Å². The van der Waals surface area contributed by atoms with Crippen LogP contribution in [0.2, 0.25) is 0 Å². The summed E-state index contributed by atoms with van der Waals surface area (Å²) in [4.78, 5) is 11.6. The second-order valence-electron chi connectivity index (χ2n) is 4.92.